The Kier molecular flexibility index (Phi) is 4.17. The van der Waals surface area contributed by atoms with Crippen LogP contribution in [-0.4, -0.2) is 29.7 Å². The van der Waals surface area contributed by atoms with Crippen LogP contribution in [0.15, 0.2) is 10.7 Å². The molecule has 1 saturated carbocycles. The molecule has 0 aliphatic heterocycles. The largest absolute Gasteiger partial charge is 0.480 e. The molecule has 0 spiro atoms. The smallest absolute Gasteiger partial charge is 0.320 e. The molecule has 94 valence electrons. The van der Waals surface area contributed by atoms with E-state index in [1.165, 1.54) is 0 Å². The van der Waals surface area contributed by atoms with Gasteiger partial charge in [0.1, 0.15) is 6.10 Å². The molecule has 5 nitrogen and oxygen atoms in total. The summed E-state index contributed by atoms with van der Waals surface area (Å²) in [7, 11) is 1.56. The monoisotopic (exact) mass is 301 g/mol. The summed E-state index contributed by atoms with van der Waals surface area (Å²) in [5, 5.41) is 0. The topological polar surface area (TPSA) is 70.3 Å². The molecule has 1 fully saturated rings. The Morgan fingerprint density at radius 1 is 1.53 bits per heavy atom. The summed E-state index contributed by atoms with van der Waals surface area (Å²) in [6.45, 7) is 0.651. The fraction of sp³-hybridized carbons (Fsp3) is 0.636. The lowest BCUT2D eigenvalue weighted by molar-refractivity contribution is 0.146. The van der Waals surface area contributed by atoms with Crippen molar-refractivity contribution in [2.24, 2.45) is 11.7 Å². The van der Waals surface area contributed by atoms with Crippen LogP contribution in [-0.2, 0) is 0 Å². The highest BCUT2D eigenvalue weighted by Crippen LogP contribution is 2.29. The van der Waals surface area contributed by atoms with Gasteiger partial charge in [-0.05, 0) is 41.7 Å². The maximum absolute atomic E-state index is 5.77. The first-order chi connectivity index (χ1) is 8.24. The number of rotatable bonds is 4. The fourth-order valence-electron chi connectivity index (χ4n) is 2.10. The molecular formula is C11H16BrN3O2. The van der Waals surface area contributed by atoms with Crippen LogP contribution >= 0.6 is 15.9 Å². The van der Waals surface area contributed by atoms with Gasteiger partial charge in [0, 0.05) is 5.92 Å². The highest BCUT2D eigenvalue weighted by atomic mass is 79.9. The van der Waals surface area contributed by atoms with Crippen LogP contribution < -0.4 is 15.2 Å². The fourth-order valence-corrected chi connectivity index (χ4v) is 2.45. The summed E-state index contributed by atoms with van der Waals surface area (Å²) in [5.74, 6) is 0.894. The predicted octanol–water partition coefficient (Wildman–Crippen LogP) is 1.75. The third kappa shape index (κ3) is 2.87. The van der Waals surface area contributed by atoms with Gasteiger partial charge in [-0.2, -0.15) is 4.98 Å². The lowest BCUT2D eigenvalue weighted by atomic mass is 10.1. The molecule has 2 rings (SSSR count). The van der Waals surface area contributed by atoms with E-state index in [2.05, 4.69) is 25.9 Å². The Labute approximate surface area is 109 Å². The average molecular weight is 302 g/mol. The van der Waals surface area contributed by atoms with Crippen molar-refractivity contribution >= 4 is 15.9 Å². The van der Waals surface area contributed by atoms with E-state index in [0.29, 0.717) is 28.8 Å². The van der Waals surface area contributed by atoms with E-state index in [0.717, 1.165) is 19.3 Å². The Morgan fingerprint density at radius 2 is 2.35 bits per heavy atom. The van der Waals surface area contributed by atoms with Crippen molar-refractivity contribution in [1.29, 1.82) is 0 Å². The Bertz CT molecular complexity index is 389. The molecule has 2 unspecified atom stereocenters. The van der Waals surface area contributed by atoms with Gasteiger partial charge in [-0.15, -0.1) is 0 Å². The van der Waals surface area contributed by atoms with Crippen LogP contribution in [0.25, 0.3) is 0 Å². The number of hydrogen-bond donors (Lipinski definition) is 1. The van der Waals surface area contributed by atoms with E-state index in [4.69, 9.17) is 15.2 Å². The van der Waals surface area contributed by atoms with Crippen molar-refractivity contribution in [3.63, 3.8) is 0 Å². The molecule has 6 heteroatoms. The van der Waals surface area contributed by atoms with Gasteiger partial charge in [0.2, 0.25) is 5.88 Å². The molecule has 1 aromatic rings. The normalized spacial score (nSPS) is 23.7. The van der Waals surface area contributed by atoms with Crippen molar-refractivity contribution < 1.29 is 9.47 Å². The molecule has 2 atom stereocenters. The van der Waals surface area contributed by atoms with Gasteiger partial charge in [-0.3, -0.25) is 0 Å². The first kappa shape index (κ1) is 12.6. The van der Waals surface area contributed by atoms with Crippen LogP contribution in [0.2, 0.25) is 0 Å². The van der Waals surface area contributed by atoms with Crippen LogP contribution in [0.3, 0.4) is 0 Å². The van der Waals surface area contributed by atoms with Gasteiger partial charge in [0.15, 0.2) is 0 Å². The van der Waals surface area contributed by atoms with Crippen molar-refractivity contribution in [2.45, 2.75) is 25.4 Å². The number of ether oxygens (including phenoxy) is 2. The first-order valence-corrected chi connectivity index (χ1v) is 6.47. The van der Waals surface area contributed by atoms with Crippen LogP contribution in [0.5, 0.6) is 11.9 Å². The van der Waals surface area contributed by atoms with Crippen molar-refractivity contribution in [2.75, 3.05) is 13.7 Å². The highest BCUT2D eigenvalue weighted by molar-refractivity contribution is 9.10. The highest BCUT2D eigenvalue weighted by Gasteiger charge is 2.28. The molecule has 0 radical (unpaired) electrons. The zero-order chi connectivity index (χ0) is 12.3. The van der Waals surface area contributed by atoms with Crippen LogP contribution in [0, 0.1) is 5.92 Å². The molecule has 1 aliphatic rings. The van der Waals surface area contributed by atoms with Gasteiger partial charge < -0.3 is 15.2 Å². The molecular weight excluding hydrogens is 286 g/mol. The number of nitrogens with two attached hydrogens (primary N) is 1. The van der Waals surface area contributed by atoms with Crippen LogP contribution in [0.4, 0.5) is 0 Å². The first-order valence-electron chi connectivity index (χ1n) is 5.68. The second-order valence-corrected chi connectivity index (χ2v) is 4.95. The van der Waals surface area contributed by atoms with Crippen molar-refractivity contribution in [1.82, 2.24) is 9.97 Å². The summed E-state index contributed by atoms with van der Waals surface area (Å²) in [6.07, 6.45) is 5.05. The Balaban J connectivity index is 2.08. The van der Waals surface area contributed by atoms with Gasteiger partial charge >= 0.3 is 6.01 Å². The van der Waals surface area contributed by atoms with Crippen LogP contribution in [0.1, 0.15) is 19.3 Å². The van der Waals surface area contributed by atoms with E-state index in [-0.39, 0.29) is 6.10 Å². The second kappa shape index (κ2) is 5.64. The van der Waals surface area contributed by atoms with E-state index in [1.807, 2.05) is 0 Å². The van der Waals surface area contributed by atoms with E-state index in [9.17, 15) is 0 Å². The molecule has 0 aromatic carbocycles. The molecule has 2 N–H and O–H groups in total. The van der Waals surface area contributed by atoms with Gasteiger partial charge in [-0.1, -0.05) is 0 Å². The standard InChI is InChI=1S/C11H16BrN3O2/c1-16-10-8(12)6-14-11(15-10)17-9-4-2-3-7(9)5-13/h6-7,9H,2-5,13H2,1H3. The maximum Gasteiger partial charge on any atom is 0.320 e. The number of methoxy groups -OCH3 is 1. The van der Waals surface area contributed by atoms with Crippen molar-refractivity contribution in [3.8, 4) is 11.9 Å². The summed E-state index contributed by atoms with van der Waals surface area (Å²) < 4.78 is 11.6. The number of hydrogen-bond acceptors (Lipinski definition) is 5. The number of nitrogens with zero attached hydrogens (tertiary/aromatic N) is 2. The quantitative estimate of drug-likeness (QED) is 0.917. The molecule has 0 bridgehead atoms. The minimum atomic E-state index is 0.130. The van der Waals surface area contributed by atoms with E-state index < -0.39 is 0 Å². The predicted molar refractivity (Wildman–Crippen MR) is 67.1 cm³/mol. The molecule has 1 aliphatic carbocycles. The van der Waals surface area contributed by atoms with Gasteiger partial charge in [0.25, 0.3) is 0 Å². The zero-order valence-corrected chi connectivity index (χ0v) is 11.3. The lowest BCUT2D eigenvalue weighted by Gasteiger charge is -2.18. The SMILES string of the molecule is COc1nc(OC2CCCC2CN)ncc1Br. The number of halogens is 1. The molecule has 17 heavy (non-hydrogen) atoms. The summed E-state index contributed by atoms with van der Waals surface area (Å²) in [5.41, 5.74) is 5.71. The van der Waals surface area contributed by atoms with E-state index in [1.54, 1.807) is 13.3 Å². The molecule has 0 saturated heterocycles. The lowest BCUT2D eigenvalue weighted by Crippen LogP contribution is -2.28. The number of aromatic nitrogens is 2. The minimum absolute atomic E-state index is 0.130. The van der Waals surface area contributed by atoms with Gasteiger partial charge in [0.05, 0.1) is 17.8 Å². The third-order valence-electron chi connectivity index (χ3n) is 3.03. The third-order valence-corrected chi connectivity index (χ3v) is 3.58. The summed E-state index contributed by atoms with van der Waals surface area (Å²) in [6, 6.07) is 0.357. The Hall–Kier alpha value is -0.880. The summed E-state index contributed by atoms with van der Waals surface area (Å²) >= 11 is 3.30. The van der Waals surface area contributed by atoms with Gasteiger partial charge in [-0.25, -0.2) is 4.98 Å². The average Bonchev–Trinajstić information content (AvgIpc) is 2.79. The summed E-state index contributed by atoms with van der Waals surface area (Å²) in [4.78, 5) is 8.30. The van der Waals surface area contributed by atoms with E-state index >= 15 is 0 Å². The second-order valence-electron chi connectivity index (χ2n) is 4.09. The molecule has 1 aromatic heterocycles. The molecule has 1 heterocycles. The zero-order valence-electron chi connectivity index (χ0n) is 9.73. The maximum atomic E-state index is 5.77. The van der Waals surface area contributed by atoms with Crippen molar-refractivity contribution in [3.05, 3.63) is 10.7 Å². The molecule has 0 amide bonds. The minimum Gasteiger partial charge on any atom is -0.480 e. The Morgan fingerprint density at radius 3 is 3.06 bits per heavy atom.